The van der Waals surface area contributed by atoms with Crippen LogP contribution < -0.4 is 14.8 Å². The van der Waals surface area contributed by atoms with Crippen molar-refractivity contribution in [3.63, 3.8) is 0 Å². The zero-order valence-corrected chi connectivity index (χ0v) is 17.9. The summed E-state index contributed by atoms with van der Waals surface area (Å²) < 4.78 is 50.1. The highest BCUT2D eigenvalue weighted by molar-refractivity contribution is 5.95. The van der Waals surface area contributed by atoms with E-state index < -0.39 is 30.1 Å². The Morgan fingerprint density at radius 1 is 1.16 bits per heavy atom. The van der Waals surface area contributed by atoms with Gasteiger partial charge in [0.25, 0.3) is 5.91 Å². The largest absolute Gasteiger partial charge is 0.493 e. The van der Waals surface area contributed by atoms with Gasteiger partial charge < -0.3 is 19.7 Å². The number of rotatable bonds is 10. The number of carbonyl (C=O) groups excluding carboxylic acids is 2. The average Bonchev–Trinajstić information content (AvgIpc) is 2.76. The third kappa shape index (κ3) is 6.76. The van der Waals surface area contributed by atoms with E-state index in [0.717, 1.165) is 17.7 Å². The maximum atomic E-state index is 13.1. The highest BCUT2D eigenvalue weighted by Gasteiger charge is 2.33. The van der Waals surface area contributed by atoms with Crippen molar-refractivity contribution in [2.24, 2.45) is 0 Å². The molecule has 1 N–H and O–H groups in total. The minimum atomic E-state index is -4.61. The first-order chi connectivity index (χ1) is 15.2. The van der Waals surface area contributed by atoms with Crippen molar-refractivity contribution in [3.05, 3.63) is 66.2 Å². The van der Waals surface area contributed by atoms with Crippen LogP contribution in [0.15, 0.2) is 55.1 Å². The molecule has 2 rings (SSSR count). The molecule has 0 aliphatic heterocycles. The third-order valence-electron chi connectivity index (χ3n) is 4.53. The number of nitrogens with one attached hydrogen (secondary N) is 1. The zero-order chi connectivity index (χ0) is 23.7. The Kier molecular flexibility index (Phi) is 8.69. The van der Waals surface area contributed by atoms with Crippen molar-refractivity contribution >= 4 is 17.5 Å². The topological polar surface area (TPSA) is 67.9 Å². The number of likely N-dealkylation sites (N-methyl/N-ethyl adjacent to an activating group) is 1. The van der Waals surface area contributed by atoms with Gasteiger partial charge in [-0.05, 0) is 43.2 Å². The summed E-state index contributed by atoms with van der Waals surface area (Å²) in [5.41, 5.74) is -0.367. The predicted octanol–water partition coefficient (Wildman–Crippen LogP) is 4.31. The van der Waals surface area contributed by atoms with Crippen LogP contribution in [0.5, 0.6) is 11.5 Å². The number of hydrogen-bond acceptors (Lipinski definition) is 4. The van der Waals surface area contributed by atoms with Gasteiger partial charge in [-0.25, -0.2) is 0 Å². The molecule has 2 aromatic rings. The molecule has 6 nitrogen and oxygen atoms in total. The third-order valence-corrected chi connectivity index (χ3v) is 4.53. The van der Waals surface area contributed by atoms with Crippen LogP contribution in [0.4, 0.5) is 18.9 Å². The Hall–Kier alpha value is -3.49. The summed E-state index contributed by atoms with van der Waals surface area (Å²) in [6, 6.07) is 9.90. The van der Waals surface area contributed by atoms with Gasteiger partial charge in [-0.15, -0.1) is 6.58 Å². The number of allylic oxidation sites excluding steroid dienone is 1. The van der Waals surface area contributed by atoms with Gasteiger partial charge in [0.15, 0.2) is 18.1 Å². The Bertz CT molecular complexity index is 960. The van der Waals surface area contributed by atoms with Gasteiger partial charge in [-0.2, -0.15) is 13.2 Å². The van der Waals surface area contributed by atoms with Crippen LogP contribution >= 0.6 is 0 Å². The maximum Gasteiger partial charge on any atom is 0.418 e. The SMILES string of the molecule is C=CCc1ccc(OCC(=O)N(CC)CC(=O)Nc2ccccc2C(F)(F)F)c(OC)c1. The number of ether oxygens (including phenoxy) is 2. The lowest BCUT2D eigenvalue weighted by Crippen LogP contribution is -2.40. The standard InChI is InChI=1S/C23H25F3N2O4/c1-4-8-16-11-12-19(20(13-16)31-3)32-15-22(30)28(5-2)14-21(29)27-18-10-7-6-9-17(18)23(24,25)26/h4,6-7,9-13H,1,5,8,14-15H2,2-3H3,(H,27,29). The van der Waals surface area contributed by atoms with E-state index in [1.165, 1.54) is 24.1 Å². The molecule has 0 aliphatic rings. The van der Waals surface area contributed by atoms with Crippen LogP contribution in [-0.4, -0.2) is 43.5 Å². The van der Waals surface area contributed by atoms with E-state index in [2.05, 4.69) is 11.9 Å². The molecular formula is C23H25F3N2O4. The number of amides is 2. The van der Waals surface area contributed by atoms with Crippen LogP contribution in [0.3, 0.4) is 0 Å². The van der Waals surface area contributed by atoms with Gasteiger partial charge >= 0.3 is 6.18 Å². The highest BCUT2D eigenvalue weighted by Crippen LogP contribution is 2.34. The first kappa shape index (κ1) is 24.8. The molecule has 0 aliphatic carbocycles. The fraction of sp³-hybridized carbons (Fsp3) is 0.304. The highest BCUT2D eigenvalue weighted by atomic mass is 19.4. The van der Waals surface area contributed by atoms with Crippen molar-refractivity contribution in [3.8, 4) is 11.5 Å². The number of benzene rings is 2. The van der Waals surface area contributed by atoms with Crippen molar-refractivity contribution in [2.45, 2.75) is 19.5 Å². The smallest absolute Gasteiger partial charge is 0.418 e. The fourth-order valence-electron chi connectivity index (χ4n) is 2.93. The molecule has 0 spiro atoms. The second-order valence-corrected chi connectivity index (χ2v) is 6.77. The normalized spacial score (nSPS) is 10.9. The molecule has 0 radical (unpaired) electrons. The van der Waals surface area contributed by atoms with Crippen LogP contribution in [0.1, 0.15) is 18.1 Å². The molecule has 0 heterocycles. The van der Waals surface area contributed by atoms with E-state index in [0.29, 0.717) is 17.9 Å². The number of methoxy groups -OCH3 is 1. The number of alkyl halides is 3. The monoisotopic (exact) mass is 450 g/mol. The Labute approximate surface area is 184 Å². The minimum Gasteiger partial charge on any atom is -0.493 e. The summed E-state index contributed by atoms with van der Waals surface area (Å²) in [4.78, 5) is 26.0. The Balaban J connectivity index is 2.00. The number of para-hydroxylation sites is 1. The second kappa shape index (κ2) is 11.2. The molecular weight excluding hydrogens is 425 g/mol. The molecule has 32 heavy (non-hydrogen) atoms. The summed E-state index contributed by atoms with van der Waals surface area (Å²) in [5, 5.41) is 2.23. The molecule has 9 heteroatoms. The predicted molar refractivity (Wildman–Crippen MR) is 115 cm³/mol. The number of nitrogens with zero attached hydrogens (tertiary/aromatic N) is 1. The average molecular weight is 450 g/mol. The van der Waals surface area contributed by atoms with Crippen molar-refractivity contribution in [1.82, 2.24) is 4.90 Å². The summed E-state index contributed by atoms with van der Waals surface area (Å²) in [6.45, 7) is 4.72. The molecule has 2 amide bonds. The van der Waals surface area contributed by atoms with E-state index in [9.17, 15) is 22.8 Å². The molecule has 0 bridgehead atoms. The first-order valence-electron chi connectivity index (χ1n) is 9.84. The van der Waals surface area contributed by atoms with E-state index in [-0.39, 0.29) is 18.8 Å². The molecule has 0 saturated heterocycles. The van der Waals surface area contributed by atoms with E-state index in [1.54, 1.807) is 25.1 Å². The molecule has 2 aromatic carbocycles. The van der Waals surface area contributed by atoms with Gasteiger partial charge in [-0.1, -0.05) is 24.3 Å². The number of halogens is 3. The Morgan fingerprint density at radius 3 is 2.50 bits per heavy atom. The van der Waals surface area contributed by atoms with E-state index in [4.69, 9.17) is 9.47 Å². The van der Waals surface area contributed by atoms with Crippen molar-refractivity contribution in [2.75, 3.05) is 32.1 Å². The molecule has 0 saturated carbocycles. The van der Waals surface area contributed by atoms with Gasteiger partial charge in [0.2, 0.25) is 5.91 Å². The van der Waals surface area contributed by atoms with Crippen LogP contribution in [0.25, 0.3) is 0 Å². The van der Waals surface area contributed by atoms with Crippen LogP contribution in [0, 0.1) is 0 Å². The van der Waals surface area contributed by atoms with Crippen LogP contribution in [-0.2, 0) is 22.2 Å². The zero-order valence-electron chi connectivity index (χ0n) is 17.9. The second-order valence-electron chi connectivity index (χ2n) is 6.77. The number of hydrogen-bond donors (Lipinski definition) is 1. The minimum absolute atomic E-state index is 0.173. The van der Waals surface area contributed by atoms with Gasteiger partial charge in [0, 0.05) is 6.54 Å². The summed E-state index contributed by atoms with van der Waals surface area (Å²) in [5.74, 6) is -0.442. The lowest BCUT2D eigenvalue weighted by molar-refractivity contribution is -0.138. The first-order valence-corrected chi connectivity index (χ1v) is 9.84. The maximum absolute atomic E-state index is 13.1. The van der Waals surface area contributed by atoms with Crippen LogP contribution in [0.2, 0.25) is 0 Å². The lowest BCUT2D eigenvalue weighted by atomic mass is 10.1. The van der Waals surface area contributed by atoms with Gasteiger partial charge in [0.05, 0.1) is 24.9 Å². The van der Waals surface area contributed by atoms with E-state index in [1.807, 2.05) is 6.07 Å². The molecule has 0 aromatic heterocycles. The molecule has 0 unspecified atom stereocenters. The van der Waals surface area contributed by atoms with Gasteiger partial charge in [0.1, 0.15) is 0 Å². The fourth-order valence-corrected chi connectivity index (χ4v) is 2.93. The van der Waals surface area contributed by atoms with Crippen molar-refractivity contribution < 1.29 is 32.2 Å². The Morgan fingerprint density at radius 2 is 1.88 bits per heavy atom. The summed E-state index contributed by atoms with van der Waals surface area (Å²) >= 11 is 0. The van der Waals surface area contributed by atoms with Gasteiger partial charge in [-0.3, -0.25) is 9.59 Å². The number of anilines is 1. The lowest BCUT2D eigenvalue weighted by Gasteiger charge is -2.21. The van der Waals surface area contributed by atoms with E-state index >= 15 is 0 Å². The summed E-state index contributed by atoms with van der Waals surface area (Å²) in [6.07, 6.45) is -2.22. The molecule has 172 valence electrons. The number of carbonyl (C=O) groups is 2. The quantitative estimate of drug-likeness (QED) is 0.548. The summed E-state index contributed by atoms with van der Waals surface area (Å²) in [7, 11) is 1.48. The van der Waals surface area contributed by atoms with Crippen molar-refractivity contribution in [1.29, 1.82) is 0 Å². The molecule has 0 fully saturated rings. The molecule has 0 atom stereocenters.